The number of piperidine rings is 1. The van der Waals surface area contributed by atoms with Gasteiger partial charge >= 0.3 is 5.97 Å². The molecule has 1 aromatic carbocycles. The topological polar surface area (TPSA) is 84.0 Å². The smallest absolute Gasteiger partial charge is 0.308 e. The molecule has 0 unspecified atom stereocenters. The van der Waals surface area contributed by atoms with Crippen LogP contribution in [0.25, 0.3) is 0 Å². The highest BCUT2D eigenvalue weighted by molar-refractivity contribution is 7.92. The SMILES string of the molecule is COC(=O)C1CCN(C(=O)CN(c2c(C)cccc2C)S(C)(=O)=O)CC1. The quantitative estimate of drug-likeness (QED) is 0.720. The number of amides is 1. The number of methoxy groups -OCH3 is 1. The number of aryl methyl sites for hydroxylation is 2. The van der Waals surface area contributed by atoms with Gasteiger partial charge in [0.25, 0.3) is 0 Å². The van der Waals surface area contributed by atoms with Crippen LogP contribution in [0.3, 0.4) is 0 Å². The molecule has 0 atom stereocenters. The average Bonchev–Trinajstić information content (AvgIpc) is 2.59. The zero-order chi connectivity index (χ0) is 19.5. The van der Waals surface area contributed by atoms with Crippen molar-refractivity contribution in [3.63, 3.8) is 0 Å². The highest BCUT2D eigenvalue weighted by Gasteiger charge is 2.30. The molecule has 1 saturated heterocycles. The zero-order valence-electron chi connectivity index (χ0n) is 15.7. The first-order valence-electron chi connectivity index (χ1n) is 8.54. The van der Waals surface area contributed by atoms with Gasteiger partial charge in [0.15, 0.2) is 0 Å². The Kier molecular flexibility index (Phi) is 6.28. The lowest BCUT2D eigenvalue weighted by Gasteiger charge is -2.33. The number of hydrogen-bond acceptors (Lipinski definition) is 5. The monoisotopic (exact) mass is 382 g/mol. The van der Waals surface area contributed by atoms with Crippen LogP contribution < -0.4 is 4.31 Å². The van der Waals surface area contributed by atoms with E-state index in [0.29, 0.717) is 31.6 Å². The second kappa shape index (κ2) is 8.07. The lowest BCUT2D eigenvalue weighted by molar-refractivity contribution is -0.148. The number of carbonyl (C=O) groups is 2. The van der Waals surface area contributed by atoms with Crippen molar-refractivity contribution in [1.82, 2.24) is 4.90 Å². The fraction of sp³-hybridized carbons (Fsp3) is 0.556. The molecular weight excluding hydrogens is 356 g/mol. The highest BCUT2D eigenvalue weighted by atomic mass is 32.2. The number of benzene rings is 1. The molecule has 0 aromatic heterocycles. The first-order chi connectivity index (χ1) is 12.1. The summed E-state index contributed by atoms with van der Waals surface area (Å²) < 4.78 is 30.6. The molecule has 7 nitrogen and oxygen atoms in total. The van der Waals surface area contributed by atoms with Crippen LogP contribution in [0.5, 0.6) is 0 Å². The first-order valence-corrected chi connectivity index (χ1v) is 10.4. The third-order valence-corrected chi connectivity index (χ3v) is 5.86. The Hall–Kier alpha value is -2.09. The predicted octanol–water partition coefficient (Wildman–Crippen LogP) is 1.48. The Labute approximate surface area is 155 Å². The van der Waals surface area contributed by atoms with E-state index in [1.165, 1.54) is 11.4 Å². The molecule has 0 spiro atoms. The summed E-state index contributed by atoms with van der Waals surface area (Å²) in [6.45, 7) is 4.25. The highest BCUT2D eigenvalue weighted by Crippen LogP contribution is 2.27. The molecule has 0 N–H and O–H groups in total. The molecule has 1 fully saturated rings. The van der Waals surface area contributed by atoms with Crippen LogP contribution in [0.2, 0.25) is 0 Å². The molecule has 0 aliphatic carbocycles. The third-order valence-electron chi connectivity index (χ3n) is 4.75. The van der Waals surface area contributed by atoms with E-state index in [-0.39, 0.29) is 24.3 Å². The second-order valence-corrected chi connectivity index (χ2v) is 8.60. The van der Waals surface area contributed by atoms with Crippen LogP contribution in [-0.4, -0.2) is 58.2 Å². The number of esters is 1. The molecule has 144 valence electrons. The number of sulfonamides is 1. The van der Waals surface area contributed by atoms with E-state index in [2.05, 4.69) is 0 Å². The Morgan fingerprint density at radius 3 is 2.19 bits per heavy atom. The average molecular weight is 382 g/mol. The maximum atomic E-state index is 12.7. The van der Waals surface area contributed by atoms with E-state index < -0.39 is 10.0 Å². The van der Waals surface area contributed by atoms with Crippen molar-refractivity contribution in [2.24, 2.45) is 5.92 Å². The summed E-state index contributed by atoms with van der Waals surface area (Å²) in [6.07, 6.45) is 2.16. The molecule has 1 aliphatic heterocycles. The van der Waals surface area contributed by atoms with E-state index in [1.54, 1.807) is 4.90 Å². The van der Waals surface area contributed by atoms with Crippen LogP contribution in [-0.2, 0) is 24.3 Å². The minimum Gasteiger partial charge on any atom is -0.469 e. The van der Waals surface area contributed by atoms with Crippen LogP contribution in [0.1, 0.15) is 24.0 Å². The lowest BCUT2D eigenvalue weighted by atomic mass is 9.97. The van der Waals surface area contributed by atoms with Gasteiger partial charge in [0, 0.05) is 13.1 Å². The summed E-state index contributed by atoms with van der Waals surface area (Å²) in [7, 11) is -2.26. The lowest BCUT2D eigenvalue weighted by Crippen LogP contribution is -2.46. The molecule has 8 heteroatoms. The number of rotatable bonds is 5. The molecule has 1 aromatic rings. The normalized spacial score (nSPS) is 15.6. The van der Waals surface area contributed by atoms with Crippen LogP contribution >= 0.6 is 0 Å². The van der Waals surface area contributed by atoms with Gasteiger partial charge < -0.3 is 9.64 Å². The number of anilines is 1. The molecule has 0 saturated carbocycles. The molecule has 0 bridgehead atoms. The van der Waals surface area contributed by atoms with E-state index >= 15 is 0 Å². The molecule has 1 heterocycles. The van der Waals surface area contributed by atoms with Crippen LogP contribution in [0.15, 0.2) is 18.2 Å². The van der Waals surface area contributed by atoms with E-state index in [4.69, 9.17) is 4.74 Å². The Balaban J connectivity index is 2.16. The largest absolute Gasteiger partial charge is 0.469 e. The Bertz CT molecular complexity index is 763. The minimum atomic E-state index is -3.61. The minimum absolute atomic E-state index is 0.200. The van der Waals surface area contributed by atoms with Crippen molar-refractivity contribution in [1.29, 1.82) is 0 Å². The van der Waals surface area contributed by atoms with Crippen LogP contribution in [0.4, 0.5) is 5.69 Å². The predicted molar refractivity (Wildman–Crippen MR) is 99.4 cm³/mol. The van der Waals surface area contributed by atoms with Crippen molar-refractivity contribution in [2.75, 3.05) is 37.3 Å². The second-order valence-electron chi connectivity index (χ2n) is 6.69. The van der Waals surface area contributed by atoms with E-state index in [0.717, 1.165) is 17.4 Å². The molecule has 26 heavy (non-hydrogen) atoms. The zero-order valence-corrected chi connectivity index (χ0v) is 16.5. The molecule has 1 aliphatic rings. The maximum absolute atomic E-state index is 12.7. The Morgan fingerprint density at radius 1 is 1.19 bits per heavy atom. The van der Waals surface area contributed by atoms with E-state index in [9.17, 15) is 18.0 Å². The van der Waals surface area contributed by atoms with Gasteiger partial charge in [-0.05, 0) is 37.8 Å². The van der Waals surface area contributed by atoms with Crippen molar-refractivity contribution < 1.29 is 22.7 Å². The van der Waals surface area contributed by atoms with Gasteiger partial charge in [-0.1, -0.05) is 18.2 Å². The van der Waals surface area contributed by atoms with Crippen molar-refractivity contribution in [3.05, 3.63) is 29.3 Å². The third kappa shape index (κ3) is 4.55. The summed E-state index contributed by atoms with van der Waals surface area (Å²) in [5.74, 6) is -0.722. The number of para-hydroxylation sites is 1. The fourth-order valence-corrected chi connectivity index (χ4v) is 4.28. The van der Waals surface area contributed by atoms with Gasteiger partial charge in [0.1, 0.15) is 6.54 Å². The van der Waals surface area contributed by atoms with Crippen molar-refractivity contribution in [3.8, 4) is 0 Å². The fourth-order valence-electron chi connectivity index (χ4n) is 3.32. The van der Waals surface area contributed by atoms with E-state index in [1.807, 2.05) is 32.0 Å². The number of likely N-dealkylation sites (tertiary alicyclic amines) is 1. The van der Waals surface area contributed by atoms with Crippen molar-refractivity contribution >= 4 is 27.6 Å². The van der Waals surface area contributed by atoms with Gasteiger partial charge in [-0.2, -0.15) is 0 Å². The molecule has 0 radical (unpaired) electrons. The van der Waals surface area contributed by atoms with Gasteiger partial charge in [-0.3, -0.25) is 13.9 Å². The number of hydrogen-bond donors (Lipinski definition) is 0. The summed E-state index contributed by atoms with van der Waals surface area (Å²) >= 11 is 0. The van der Waals surface area contributed by atoms with Crippen molar-refractivity contribution in [2.45, 2.75) is 26.7 Å². The molecular formula is C18H26N2O5S. The number of nitrogens with zero attached hydrogens (tertiary/aromatic N) is 2. The Morgan fingerprint density at radius 2 is 1.73 bits per heavy atom. The van der Waals surface area contributed by atoms with Gasteiger partial charge in [0.2, 0.25) is 15.9 Å². The van der Waals surface area contributed by atoms with Crippen LogP contribution in [0, 0.1) is 19.8 Å². The van der Waals surface area contributed by atoms with Gasteiger partial charge in [-0.25, -0.2) is 8.42 Å². The van der Waals surface area contributed by atoms with Gasteiger partial charge in [-0.15, -0.1) is 0 Å². The maximum Gasteiger partial charge on any atom is 0.308 e. The summed E-state index contributed by atoms with van der Waals surface area (Å²) in [5.41, 5.74) is 2.15. The number of ether oxygens (including phenoxy) is 1. The molecule has 2 rings (SSSR count). The summed E-state index contributed by atoms with van der Waals surface area (Å²) in [5, 5.41) is 0. The summed E-state index contributed by atoms with van der Waals surface area (Å²) in [4.78, 5) is 25.9. The van der Waals surface area contributed by atoms with Gasteiger partial charge in [0.05, 0.1) is 25.0 Å². The number of carbonyl (C=O) groups excluding carboxylic acids is 2. The first kappa shape index (κ1) is 20.2. The molecule has 1 amide bonds. The standard InChI is InChI=1S/C18H26N2O5S/c1-13-6-5-7-14(2)17(13)20(26(4,23)24)12-16(21)19-10-8-15(9-11-19)18(22)25-3/h5-7,15H,8-12H2,1-4H3. The summed E-state index contributed by atoms with van der Waals surface area (Å²) in [6, 6.07) is 5.51.